The second-order valence-electron chi connectivity index (χ2n) is 7.76. The van der Waals surface area contributed by atoms with Crippen LogP contribution in [0.25, 0.3) is 0 Å². The number of nitrogens with one attached hydrogen (secondary N) is 2. The molecule has 162 valence electrons. The Morgan fingerprint density at radius 1 is 1.06 bits per heavy atom. The highest BCUT2D eigenvalue weighted by atomic mass is 15.3. The molecule has 0 saturated heterocycles. The molecule has 4 rings (SSSR count). The quantitative estimate of drug-likeness (QED) is 0.436. The van der Waals surface area contributed by atoms with Gasteiger partial charge in [0.15, 0.2) is 5.96 Å². The lowest BCUT2D eigenvalue weighted by Gasteiger charge is -2.19. The number of hydrogen-bond donors (Lipinski definition) is 2. The van der Waals surface area contributed by atoms with E-state index in [0.29, 0.717) is 0 Å². The van der Waals surface area contributed by atoms with Gasteiger partial charge in [0.05, 0.1) is 0 Å². The van der Waals surface area contributed by atoms with Crippen molar-refractivity contribution < 1.29 is 0 Å². The number of aromatic nitrogens is 3. The van der Waals surface area contributed by atoms with Gasteiger partial charge in [-0.05, 0) is 29.2 Å². The maximum atomic E-state index is 4.32. The molecule has 2 aromatic carbocycles. The third-order valence-corrected chi connectivity index (χ3v) is 5.72. The lowest BCUT2D eigenvalue weighted by atomic mass is 10.1. The summed E-state index contributed by atoms with van der Waals surface area (Å²) >= 11 is 0. The van der Waals surface area contributed by atoms with Crippen LogP contribution in [0.4, 0.5) is 5.69 Å². The number of aryl methyl sites for hydroxylation is 1. The molecule has 7 heteroatoms. The molecule has 1 aliphatic heterocycles. The van der Waals surface area contributed by atoms with Gasteiger partial charge in [-0.1, -0.05) is 49.4 Å². The molecule has 0 fully saturated rings. The topological polar surface area (TPSA) is 70.4 Å². The van der Waals surface area contributed by atoms with Gasteiger partial charge in [-0.2, -0.15) is 0 Å². The zero-order chi connectivity index (χ0) is 21.5. The van der Waals surface area contributed by atoms with Crippen molar-refractivity contribution in [1.29, 1.82) is 0 Å². The normalized spacial score (nSPS) is 13.4. The van der Waals surface area contributed by atoms with E-state index in [9.17, 15) is 0 Å². The van der Waals surface area contributed by atoms with Gasteiger partial charge in [0.1, 0.15) is 12.2 Å². The molecule has 7 nitrogen and oxygen atoms in total. The van der Waals surface area contributed by atoms with Gasteiger partial charge in [0, 0.05) is 51.9 Å². The van der Waals surface area contributed by atoms with Gasteiger partial charge in [-0.25, -0.2) is 0 Å². The predicted octanol–water partition coefficient (Wildman–Crippen LogP) is 2.77. The molecule has 0 atom stereocenters. The summed E-state index contributed by atoms with van der Waals surface area (Å²) in [7, 11) is 1.79. The fourth-order valence-corrected chi connectivity index (χ4v) is 3.99. The molecule has 1 aromatic heterocycles. The molecular formula is C24H31N7. The second kappa shape index (κ2) is 10.1. The Kier molecular flexibility index (Phi) is 6.82. The molecule has 0 radical (unpaired) electrons. The molecule has 31 heavy (non-hydrogen) atoms. The van der Waals surface area contributed by atoms with E-state index in [4.69, 9.17) is 0 Å². The zero-order valence-corrected chi connectivity index (χ0v) is 18.4. The van der Waals surface area contributed by atoms with Crippen LogP contribution in [-0.4, -0.2) is 40.9 Å². The Morgan fingerprint density at radius 3 is 2.68 bits per heavy atom. The number of guanidine groups is 1. The average Bonchev–Trinajstić information content (AvgIpc) is 3.44. The van der Waals surface area contributed by atoms with E-state index >= 15 is 0 Å². The van der Waals surface area contributed by atoms with Crippen LogP contribution in [-0.2, 0) is 32.5 Å². The van der Waals surface area contributed by atoms with Crippen molar-refractivity contribution in [2.45, 2.75) is 39.4 Å². The van der Waals surface area contributed by atoms with Crippen molar-refractivity contribution in [1.82, 2.24) is 25.4 Å². The largest absolute Gasteiger partial charge is 0.367 e. The number of para-hydroxylation sites is 1. The van der Waals surface area contributed by atoms with Crippen molar-refractivity contribution in [3.05, 3.63) is 77.4 Å². The molecular weight excluding hydrogens is 386 g/mol. The lowest BCUT2D eigenvalue weighted by molar-refractivity contribution is 0.632. The van der Waals surface area contributed by atoms with Crippen molar-refractivity contribution in [2.24, 2.45) is 4.99 Å². The third-order valence-electron chi connectivity index (χ3n) is 5.72. The number of anilines is 1. The Morgan fingerprint density at radius 2 is 1.87 bits per heavy atom. The summed E-state index contributed by atoms with van der Waals surface area (Å²) < 4.78 is 2.07. The standard InChI is InChI=1S/C24H31N7/c1-3-23-29-28-18-31(23)15-13-26-24(25-2)27-16-19-8-10-20(11-9-19)17-30-14-12-21-6-4-5-7-22(21)30/h4-11,18H,3,12-17H2,1-2H3,(H2,25,26,27). The van der Waals surface area contributed by atoms with Crippen LogP contribution in [0.3, 0.4) is 0 Å². The monoisotopic (exact) mass is 417 g/mol. The third kappa shape index (κ3) is 5.23. The maximum Gasteiger partial charge on any atom is 0.191 e. The van der Waals surface area contributed by atoms with Gasteiger partial charge < -0.3 is 20.1 Å². The first-order valence-electron chi connectivity index (χ1n) is 11.0. The highest BCUT2D eigenvalue weighted by Gasteiger charge is 2.18. The molecule has 0 saturated carbocycles. The van der Waals surface area contributed by atoms with E-state index in [1.165, 1.54) is 22.4 Å². The van der Waals surface area contributed by atoms with Gasteiger partial charge in [-0.3, -0.25) is 4.99 Å². The van der Waals surface area contributed by atoms with Crippen molar-refractivity contribution >= 4 is 11.6 Å². The molecule has 0 spiro atoms. The number of hydrogen-bond acceptors (Lipinski definition) is 4. The molecule has 0 amide bonds. The second-order valence-corrected chi connectivity index (χ2v) is 7.76. The van der Waals surface area contributed by atoms with Crippen molar-refractivity contribution in [3.63, 3.8) is 0 Å². The summed E-state index contributed by atoms with van der Waals surface area (Å²) in [6, 6.07) is 17.6. The van der Waals surface area contributed by atoms with Crippen molar-refractivity contribution in [2.75, 3.05) is 25.0 Å². The van der Waals surface area contributed by atoms with Crippen LogP contribution in [0.5, 0.6) is 0 Å². The van der Waals surface area contributed by atoms with Gasteiger partial charge in [-0.15, -0.1) is 10.2 Å². The highest BCUT2D eigenvalue weighted by molar-refractivity contribution is 5.79. The van der Waals surface area contributed by atoms with E-state index < -0.39 is 0 Å². The van der Waals surface area contributed by atoms with Crippen LogP contribution >= 0.6 is 0 Å². The van der Waals surface area contributed by atoms with Gasteiger partial charge >= 0.3 is 0 Å². The Bertz CT molecular complexity index is 1010. The van der Waals surface area contributed by atoms with Crippen molar-refractivity contribution in [3.8, 4) is 0 Å². The number of aliphatic imine (C=N–C) groups is 1. The summed E-state index contributed by atoms with van der Waals surface area (Å²) in [5.41, 5.74) is 5.40. The molecule has 0 aliphatic carbocycles. The Hall–Kier alpha value is -3.35. The Balaban J connectivity index is 1.24. The first-order valence-corrected chi connectivity index (χ1v) is 11.0. The van der Waals surface area contributed by atoms with E-state index in [1.807, 2.05) is 0 Å². The fourth-order valence-electron chi connectivity index (χ4n) is 3.99. The minimum absolute atomic E-state index is 0.735. The van der Waals surface area contributed by atoms with E-state index in [1.54, 1.807) is 13.4 Å². The Labute approximate surface area is 184 Å². The zero-order valence-electron chi connectivity index (χ0n) is 18.4. The summed E-state index contributed by atoms with van der Waals surface area (Å²) in [6.07, 6.45) is 3.80. The molecule has 3 aromatic rings. The molecule has 2 N–H and O–H groups in total. The molecule has 0 bridgehead atoms. The molecule has 1 aliphatic rings. The van der Waals surface area contributed by atoms with Crippen LogP contribution in [0.15, 0.2) is 59.9 Å². The minimum Gasteiger partial charge on any atom is -0.367 e. The van der Waals surface area contributed by atoms with Crippen LogP contribution in [0.2, 0.25) is 0 Å². The van der Waals surface area contributed by atoms with Crippen LogP contribution in [0, 0.1) is 0 Å². The van der Waals surface area contributed by atoms with Gasteiger partial charge in [0.25, 0.3) is 0 Å². The summed E-state index contributed by atoms with van der Waals surface area (Å²) in [4.78, 5) is 6.79. The summed E-state index contributed by atoms with van der Waals surface area (Å²) in [5, 5.41) is 14.8. The maximum absolute atomic E-state index is 4.32. The molecule has 0 unspecified atom stereocenters. The first kappa shape index (κ1) is 20.9. The summed E-state index contributed by atoms with van der Waals surface area (Å²) in [5.74, 6) is 1.80. The number of rotatable bonds is 8. The lowest BCUT2D eigenvalue weighted by Crippen LogP contribution is -2.38. The fraction of sp³-hybridized carbons (Fsp3) is 0.375. The number of benzene rings is 2. The SMILES string of the molecule is CCc1nncn1CCNC(=NC)NCc1ccc(CN2CCc3ccccc32)cc1. The average molecular weight is 418 g/mol. The number of nitrogens with zero attached hydrogens (tertiary/aromatic N) is 5. The minimum atomic E-state index is 0.735. The highest BCUT2D eigenvalue weighted by Crippen LogP contribution is 2.28. The van der Waals surface area contributed by atoms with Crippen LogP contribution in [0.1, 0.15) is 29.4 Å². The predicted molar refractivity (Wildman–Crippen MR) is 125 cm³/mol. The number of fused-ring (bicyclic) bond motifs is 1. The van der Waals surface area contributed by atoms with E-state index in [-0.39, 0.29) is 0 Å². The smallest absolute Gasteiger partial charge is 0.191 e. The molecule has 2 heterocycles. The van der Waals surface area contributed by atoms with Gasteiger partial charge in [0.2, 0.25) is 0 Å². The van der Waals surface area contributed by atoms with E-state index in [2.05, 4.69) is 90.7 Å². The van der Waals surface area contributed by atoms with E-state index in [0.717, 1.165) is 57.3 Å². The first-order chi connectivity index (χ1) is 15.3. The van der Waals surface area contributed by atoms with Crippen LogP contribution < -0.4 is 15.5 Å². The summed E-state index contributed by atoms with van der Waals surface area (Å²) in [6.45, 7) is 6.45.